The molecule has 106 valence electrons. The van der Waals surface area contributed by atoms with Crippen LogP contribution < -0.4 is 0 Å². The van der Waals surface area contributed by atoms with E-state index in [0.717, 1.165) is 10.9 Å². The van der Waals surface area contributed by atoms with Crippen LogP contribution in [0.3, 0.4) is 0 Å². The molecule has 3 aromatic rings. The van der Waals surface area contributed by atoms with E-state index in [4.69, 9.17) is 0 Å². The molecule has 0 bridgehead atoms. The van der Waals surface area contributed by atoms with E-state index in [1.807, 2.05) is 18.3 Å². The van der Waals surface area contributed by atoms with Gasteiger partial charge in [0.2, 0.25) is 0 Å². The molecule has 1 aromatic heterocycles. The topological polar surface area (TPSA) is 38.1 Å². The van der Waals surface area contributed by atoms with Crippen LogP contribution in [0.15, 0.2) is 48.8 Å². The minimum atomic E-state index is 0.0891. The van der Waals surface area contributed by atoms with Crippen molar-refractivity contribution in [2.75, 3.05) is 0 Å². The molecule has 1 aliphatic rings. The number of hydrogen-bond acceptors (Lipinski definition) is 2. The molecule has 0 saturated heterocycles. The first kappa shape index (κ1) is 12.6. The first-order valence-corrected chi connectivity index (χ1v) is 7.51. The van der Waals surface area contributed by atoms with Gasteiger partial charge in [-0.05, 0) is 53.3 Å². The quantitative estimate of drug-likeness (QED) is 0.788. The standard InChI is InChI=1S/C18H18N2O/c21-12-13-4-5-15-9-16(7-6-14(15)8-13)17-10-19-20(11-17)18-2-1-3-18/h4-11,18,21H,1-3,12H2. The van der Waals surface area contributed by atoms with Crippen molar-refractivity contribution in [2.45, 2.75) is 31.9 Å². The van der Waals surface area contributed by atoms with E-state index in [0.29, 0.717) is 6.04 Å². The van der Waals surface area contributed by atoms with Gasteiger partial charge in [0, 0.05) is 11.8 Å². The highest BCUT2D eigenvalue weighted by atomic mass is 16.3. The predicted molar refractivity (Wildman–Crippen MR) is 84.0 cm³/mol. The van der Waals surface area contributed by atoms with Crippen LogP contribution in [-0.4, -0.2) is 14.9 Å². The fourth-order valence-electron chi connectivity index (χ4n) is 2.91. The van der Waals surface area contributed by atoms with Crippen LogP contribution in [0.1, 0.15) is 30.9 Å². The second kappa shape index (κ2) is 5.01. The molecule has 0 aliphatic heterocycles. The summed E-state index contributed by atoms with van der Waals surface area (Å²) < 4.78 is 2.11. The molecule has 0 amide bonds. The summed E-state index contributed by atoms with van der Waals surface area (Å²) in [5.74, 6) is 0. The molecule has 4 rings (SSSR count). The van der Waals surface area contributed by atoms with Crippen LogP contribution in [-0.2, 0) is 6.61 Å². The van der Waals surface area contributed by atoms with E-state index in [1.54, 1.807) is 0 Å². The Labute approximate surface area is 123 Å². The first-order valence-electron chi connectivity index (χ1n) is 7.51. The molecule has 21 heavy (non-hydrogen) atoms. The van der Waals surface area contributed by atoms with E-state index in [-0.39, 0.29) is 6.61 Å². The van der Waals surface area contributed by atoms with Gasteiger partial charge in [-0.25, -0.2) is 0 Å². The minimum Gasteiger partial charge on any atom is -0.392 e. The Balaban J connectivity index is 1.71. The average Bonchev–Trinajstić information content (AvgIpc) is 2.93. The lowest BCUT2D eigenvalue weighted by Crippen LogP contribution is -2.16. The van der Waals surface area contributed by atoms with E-state index >= 15 is 0 Å². The molecule has 2 aromatic carbocycles. The number of rotatable bonds is 3. The van der Waals surface area contributed by atoms with Gasteiger partial charge in [0.1, 0.15) is 0 Å². The molecule has 3 heteroatoms. The van der Waals surface area contributed by atoms with E-state index in [2.05, 4.69) is 40.2 Å². The number of hydrogen-bond donors (Lipinski definition) is 1. The van der Waals surface area contributed by atoms with Gasteiger partial charge in [0.25, 0.3) is 0 Å². The maximum atomic E-state index is 9.20. The average molecular weight is 278 g/mol. The minimum absolute atomic E-state index is 0.0891. The third-order valence-electron chi connectivity index (χ3n) is 4.47. The van der Waals surface area contributed by atoms with Gasteiger partial charge >= 0.3 is 0 Å². The fourth-order valence-corrected chi connectivity index (χ4v) is 2.91. The molecule has 3 nitrogen and oxygen atoms in total. The SMILES string of the molecule is OCc1ccc2cc(-c3cnn(C4CCC4)c3)ccc2c1. The van der Waals surface area contributed by atoms with Gasteiger partial charge < -0.3 is 5.11 Å². The monoisotopic (exact) mass is 278 g/mol. The van der Waals surface area contributed by atoms with Gasteiger partial charge in [-0.2, -0.15) is 5.10 Å². The lowest BCUT2D eigenvalue weighted by Gasteiger charge is -2.25. The van der Waals surface area contributed by atoms with Crippen LogP contribution in [0.25, 0.3) is 21.9 Å². The lowest BCUT2D eigenvalue weighted by molar-refractivity contribution is 0.282. The van der Waals surface area contributed by atoms with Crippen molar-refractivity contribution >= 4 is 10.8 Å². The molecule has 1 saturated carbocycles. The van der Waals surface area contributed by atoms with Crippen molar-refractivity contribution in [2.24, 2.45) is 0 Å². The lowest BCUT2D eigenvalue weighted by atomic mass is 9.93. The van der Waals surface area contributed by atoms with Crippen molar-refractivity contribution in [1.82, 2.24) is 9.78 Å². The van der Waals surface area contributed by atoms with Gasteiger partial charge in [0.05, 0.1) is 18.8 Å². The summed E-state index contributed by atoms with van der Waals surface area (Å²) in [4.78, 5) is 0. The molecular weight excluding hydrogens is 260 g/mol. The first-order chi connectivity index (χ1) is 10.3. The molecule has 0 atom stereocenters. The summed E-state index contributed by atoms with van der Waals surface area (Å²) in [7, 11) is 0. The number of aromatic nitrogens is 2. The van der Waals surface area contributed by atoms with Gasteiger partial charge in [-0.1, -0.05) is 24.3 Å². The van der Waals surface area contributed by atoms with Gasteiger partial charge in [0.15, 0.2) is 0 Å². The van der Waals surface area contributed by atoms with Crippen molar-refractivity contribution < 1.29 is 5.11 Å². The largest absolute Gasteiger partial charge is 0.392 e. The molecule has 1 N–H and O–H groups in total. The summed E-state index contributed by atoms with van der Waals surface area (Å²) in [6.45, 7) is 0.0891. The summed E-state index contributed by atoms with van der Waals surface area (Å²) >= 11 is 0. The zero-order chi connectivity index (χ0) is 14.2. The van der Waals surface area contributed by atoms with Crippen molar-refractivity contribution in [3.05, 3.63) is 54.4 Å². The zero-order valence-electron chi connectivity index (χ0n) is 11.9. The highest BCUT2D eigenvalue weighted by molar-refractivity contribution is 5.87. The van der Waals surface area contributed by atoms with Crippen molar-refractivity contribution in [3.8, 4) is 11.1 Å². The predicted octanol–water partition coefficient (Wildman–Crippen LogP) is 3.92. The van der Waals surface area contributed by atoms with Gasteiger partial charge in [-0.3, -0.25) is 4.68 Å². The summed E-state index contributed by atoms with van der Waals surface area (Å²) in [5, 5.41) is 16.1. The van der Waals surface area contributed by atoms with Crippen LogP contribution in [0.4, 0.5) is 0 Å². The Morgan fingerprint density at radius 1 is 1.05 bits per heavy atom. The summed E-state index contributed by atoms with van der Waals surface area (Å²) in [6, 6.07) is 13.1. The van der Waals surface area contributed by atoms with Gasteiger partial charge in [-0.15, -0.1) is 0 Å². The fraction of sp³-hybridized carbons (Fsp3) is 0.278. The molecule has 0 spiro atoms. The number of fused-ring (bicyclic) bond motifs is 1. The van der Waals surface area contributed by atoms with Crippen LogP contribution in [0.5, 0.6) is 0 Å². The highest BCUT2D eigenvalue weighted by Crippen LogP contribution is 2.32. The van der Waals surface area contributed by atoms with E-state index in [1.165, 1.54) is 35.8 Å². The van der Waals surface area contributed by atoms with E-state index < -0.39 is 0 Å². The maximum Gasteiger partial charge on any atom is 0.0682 e. The van der Waals surface area contributed by atoms with Crippen molar-refractivity contribution in [3.63, 3.8) is 0 Å². The second-order valence-corrected chi connectivity index (χ2v) is 5.85. The molecular formula is C18H18N2O. The van der Waals surface area contributed by atoms with Crippen molar-refractivity contribution in [1.29, 1.82) is 0 Å². The highest BCUT2D eigenvalue weighted by Gasteiger charge is 2.20. The van der Waals surface area contributed by atoms with Crippen LogP contribution in [0.2, 0.25) is 0 Å². The number of benzene rings is 2. The van der Waals surface area contributed by atoms with Crippen LogP contribution >= 0.6 is 0 Å². The maximum absolute atomic E-state index is 9.20. The van der Waals surface area contributed by atoms with Crippen LogP contribution in [0, 0.1) is 0 Å². The summed E-state index contributed by atoms with van der Waals surface area (Å²) in [6.07, 6.45) is 7.95. The van der Waals surface area contributed by atoms with E-state index in [9.17, 15) is 5.11 Å². The Morgan fingerprint density at radius 3 is 2.62 bits per heavy atom. The number of aliphatic hydroxyl groups excluding tert-OH is 1. The number of aliphatic hydroxyl groups is 1. The molecule has 0 radical (unpaired) electrons. The third kappa shape index (κ3) is 2.24. The Kier molecular flexibility index (Phi) is 3.00. The molecule has 1 fully saturated rings. The number of nitrogens with zero attached hydrogens (tertiary/aromatic N) is 2. The smallest absolute Gasteiger partial charge is 0.0682 e. The molecule has 0 unspecified atom stereocenters. The molecule has 1 heterocycles. The Hall–Kier alpha value is -2.13. The Morgan fingerprint density at radius 2 is 1.86 bits per heavy atom. The zero-order valence-corrected chi connectivity index (χ0v) is 11.9. The second-order valence-electron chi connectivity index (χ2n) is 5.85. The Bertz CT molecular complexity index is 787. The third-order valence-corrected chi connectivity index (χ3v) is 4.47. The normalized spacial score (nSPS) is 15.3. The molecule has 1 aliphatic carbocycles. The summed E-state index contributed by atoms with van der Waals surface area (Å²) in [5.41, 5.74) is 3.33.